The molecular formula is C25H36N4OS. The molecule has 1 spiro atoms. The van der Waals surface area contributed by atoms with Gasteiger partial charge in [-0.15, -0.1) is 19.2 Å². The molecule has 0 saturated carbocycles. The van der Waals surface area contributed by atoms with Crippen molar-refractivity contribution in [2.24, 2.45) is 4.99 Å². The molecule has 31 heavy (non-hydrogen) atoms. The van der Waals surface area contributed by atoms with Crippen molar-refractivity contribution >= 4 is 30.4 Å². The van der Waals surface area contributed by atoms with E-state index in [9.17, 15) is 4.79 Å². The fraction of sp³-hybridized carbons (Fsp3) is 0.440. The van der Waals surface area contributed by atoms with Gasteiger partial charge in [-0.05, 0) is 50.1 Å². The Morgan fingerprint density at radius 2 is 2.00 bits per heavy atom. The largest absolute Gasteiger partial charge is 0.352 e. The van der Waals surface area contributed by atoms with Gasteiger partial charge in [0, 0.05) is 32.4 Å². The van der Waals surface area contributed by atoms with Crippen LogP contribution in [0.15, 0.2) is 71.1 Å². The maximum atomic E-state index is 12.6. The number of anilines is 1. The van der Waals surface area contributed by atoms with Gasteiger partial charge in [0.15, 0.2) is 0 Å². The maximum absolute atomic E-state index is 12.6. The highest BCUT2D eigenvalue weighted by Gasteiger charge is 2.44. The first kappa shape index (κ1) is 25.0. The van der Waals surface area contributed by atoms with E-state index in [0.717, 1.165) is 52.0 Å². The van der Waals surface area contributed by atoms with Gasteiger partial charge in [0.2, 0.25) is 0 Å². The van der Waals surface area contributed by atoms with Gasteiger partial charge >= 0.3 is 0 Å². The summed E-state index contributed by atoms with van der Waals surface area (Å²) in [5, 5.41) is 3.52. The van der Waals surface area contributed by atoms with E-state index < -0.39 is 0 Å². The quantitative estimate of drug-likeness (QED) is 0.226. The number of likely N-dealkylation sites (tertiary alicyclic amines) is 1. The second-order valence-electron chi connectivity index (χ2n) is 7.72. The van der Waals surface area contributed by atoms with Crippen LogP contribution in [0.3, 0.4) is 0 Å². The second-order valence-corrected chi connectivity index (χ2v) is 8.20. The smallest absolute Gasteiger partial charge is 0.260 e. The third-order valence-corrected chi connectivity index (χ3v) is 5.96. The van der Waals surface area contributed by atoms with Crippen LogP contribution in [0.5, 0.6) is 0 Å². The van der Waals surface area contributed by atoms with Crippen molar-refractivity contribution in [2.75, 3.05) is 38.3 Å². The number of benzene rings is 1. The van der Waals surface area contributed by atoms with Crippen LogP contribution in [-0.4, -0.2) is 55.9 Å². The van der Waals surface area contributed by atoms with E-state index in [0.29, 0.717) is 4.91 Å². The monoisotopic (exact) mass is 440 g/mol. The molecule has 0 aromatic heterocycles. The fourth-order valence-electron chi connectivity index (χ4n) is 3.96. The number of hydrogen-bond donors (Lipinski definition) is 2. The molecule has 0 bridgehead atoms. The van der Waals surface area contributed by atoms with E-state index in [-0.39, 0.29) is 11.4 Å². The van der Waals surface area contributed by atoms with Crippen molar-refractivity contribution in [1.29, 1.82) is 0 Å². The molecule has 1 N–H and O–H groups in total. The lowest BCUT2D eigenvalue weighted by atomic mass is 9.86. The van der Waals surface area contributed by atoms with E-state index in [1.807, 2.05) is 35.4 Å². The number of rotatable bonds is 6. The zero-order valence-electron chi connectivity index (χ0n) is 18.8. The Morgan fingerprint density at radius 1 is 1.29 bits per heavy atom. The molecule has 0 atom stereocenters. The van der Waals surface area contributed by atoms with Crippen LogP contribution >= 0.6 is 12.6 Å². The molecule has 0 aliphatic carbocycles. The minimum absolute atomic E-state index is 0.0173. The molecule has 1 aromatic rings. The number of piperidine rings is 1. The maximum Gasteiger partial charge on any atom is 0.260 e. The number of nitrogens with zero attached hydrogens (tertiary/aromatic N) is 3. The van der Waals surface area contributed by atoms with Crippen LogP contribution in [0.2, 0.25) is 0 Å². The third kappa shape index (κ3) is 7.11. The summed E-state index contributed by atoms with van der Waals surface area (Å²) in [5.41, 5.74) is 1.35. The second kappa shape index (κ2) is 13.2. The number of hydrogen-bond acceptors (Lipinski definition) is 5. The predicted molar refractivity (Wildman–Crippen MR) is 136 cm³/mol. The standard InChI is InChI=1S/C21H27N3OS.C4H9N/c1-2-3-4-8-11-19(26)20(25)23-14-12-21(13-15-23)16-22-17-24(21)18-9-6-5-7-10-18;1-3-4-5-2/h2,4-11,22,26H,1,3,12-17H2;4H,3H2,1-2H3/b8-4+,19-11-;. The van der Waals surface area contributed by atoms with Crippen molar-refractivity contribution in [3.63, 3.8) is 0 Å². The van der Waals surface area contributed by atoms with Gasteiger partial charge in [-0.3, -0.25) is 10.1 Å². The van der Waals surface area contributed by atoms with E-state index in [4.69, 9.17) is 0 Å². The van der Waals surface area contributed by atoms with Crippen LogP contribution in [0, 0.1) is 0 Å². The molecule has 0 unspecified atom stereocenters. The Labute approximate surface area is 193 Å². The van der Waals surface area contributed by atoms with Crippen molar-refractivity contribution in [1.82, 2.24) is 10.2 Å². The first-order valence-corrected chi connectivity index (χ1v) is 11.4. The number of nitrogens with one attached hydrogen (secondary N) is 1. The molecular weight excluding hydrogens is 404 g/mol. The Hall–Kier alpha value is -2.31. The molecule has 1 amide bonds. The summed E-state index contributed by atoms with van der Waals surface area (Å²) in [5.74, 6) is 0.0173. The summed E-state index contributed by atoms with van der Waals surface area (Å²) in [6.45, 7) is 9.09. The first-order chi connectivity index (χ1) is 15.1. The molecule has 0 radical (unpaired) electrons. The first-order valence-electron chi connectivity index (χ1n) is 11.0. The minimum Gasteiger partial charge on any atom is -0.352 e. The van der Waals surface area contributed by atoms with Gasteiger partial charge in [0.25, 0.3) is 5.91 Å². The van der Waals surface area contributed by atoms with E-state index in [1.54, 1.807) is 13.1 Å². The Bertz CT molecular complexity index is 780. The lowest BCUT2D eigenvalue weighted by molar-refractivity contribution is -0.127. The van der Waals surface area contributed by atoms with Crippen molar-refractivity contribution in [3.05, 3.63) is 66.1 Å². The molecule has 168 valence electrons. The number of thiol groups is 1. The summed E-state index contributed by atoms with van der Waals surface area (Å²) in [6, 6.07) is 10.5. The SMILES string of the molecule is C=CC/C=C/C=C(\S)C(=O)N1CCC2(CC1)CNCN2c1ccccc1.CCC=NC. The Kier molecular flexibility index (Phi) is 10.6. The average Bonchev–Trinajstić information content (AvgIpc) is 3.21. The molecule has 2 aliphatic rings. The molecule has 2 saturated heterocycles. The van der Waals surface area contributed by atoms with Crippen LogP contribution in [0.1, 0.15) is 32.6 Å². The molecule has 2 heterocycles. The van der Waals surface area contributed by atoms with Gasteiger partial charge in [0.1, 0.15) is 0 Å². The molecule has 3 rings (SSSR count). The molecule has 6 heteroatoms. The lowest BCUT2D eigenvalue weighted by Crippen LogP contribution is -2.55. The highest BCUT2D eigenvalue weighted by molar-refractivity contribution is 7.85. The van der Waals surface area contributed by atoms with E-state index in [1.165, 1.54) is 5.69 Å². The fourth-order valence-corrected chi connectivity index (χ4v) is 4.19. The summed E-state index contributed by atoms with van der Waals surface area (Å²) < 4.78 is 0. The third-order valence-electron chi connectivity index (χ3n) is 5.62. The zero-order chi connectivity index (χ0) is 22.5. The van der Waals surface area contributed by atoms with Crippen LogP contribution in [-0.2, 0) is 4.79 Å². The average molecular weight is 441 g/mol. The van der Waals surface area contributed by atoms with Gasteiger partial charge in [-0.2, -0.15) is 0 Å². The summed E-state index contributed by atoms with van der Waals surface area (Å²) in [4.78, 5) is 21.2. The number of aliphatic imine (C=N–C) groups is 1. The molecule has 1 aromatic carbocycles. The molecule has 5 nitrogen and oxygen atoms in total. The summed E-state index contributed by atoms with van der Waals surface area (Å²) in [6.07, 6.45) is 13.1. The van der Waals surface area contributed by atoms with Gasteiger partial charge in [-0.25, -0.2) is 0 Å². The number of para-hydroxylation sites is 1. The highest BCUT2D eigenvalue weighted by atomic mass is 32.1. The zero-order valence-corrected chi connectivity index (χ0v) is 19.7. The lowest BCUT2D eigenvalue weighted by Gasteiger charge is -2.45. The Balaban J connectivity index is 0.000000614. The summed E-state index contributed by atoms with van der Waals surface area (Å²) >= 11 is 4.38. The normalized spacial score (nSPS) is 18.5. The minimum atomic E-state index is 0.0173. The number of carbonyl (C=O) groups is 1. The van der Waals surface area contributed by atoms with Crippen molar-refractivity contribution in [2.45, 2.75) is 38.1 Å². The topological polar surface area (TPSA) is 47.9 Å². The number of allylic oxidation sites excluding steroid dienone is 4. The summed E-state index contributed by atoms with van der Waals surface area (Å²) in [7, 11) is 1.78. The van der Waals surface area contributed by atoms with Crippen LogP contribution in [0.4, 0.5) is 5.69 Å². The van der Waals surface area contributed by atoms with E-state index >= 15 is 0 Å². The number of amides is 1. The molecule has 2 fully saturated rings. The Morgan fingerprint density at radius 3 is 2.58 bits per heavy atom. The number of carbonyl (C=O) groups excluding carboxylic acids is 1. The molecule has 2 aliphatic heterocycles. The van der Waals surface area contributed by atoms with Crippen LogP contribution in [0.25, 0.3) is 0 Å². The predicted octanol–water partition coefficient (Wildman–Crippen LogP) is 4.46. The van der Waals surface area contributed by atoms with Gasteiger partial charge < -0.3 is 14.8 Å². The van der Waals surface area contributed by atoms with Crippen molar-refractivity contribution in [3.8, 4) is 0 Å². The van der Waals surface area contributed by atoms with Crippen molar-refractivity contribution < 1.29 is 4.79 Å². The van der Waals surface area contributed by atoms with E-state index in [2.05, 4.69) is 65.6 Å². The van der Waals surface area contributed by atoms with Gasteiger partial charge in [0.05, 0.1) is 17.1 Å². The highest BCUT2D eigenvalue weighted by Crippen LogP contribution is 2.35. The van der Waals surface area contributed by atoms with Crippen LogP contribution < -0.4 is 10.2 Å². The van der Waals surface area contributed by atoms with Gasteiger partial charge in [-0.1, -0.05) is 43.4 Å².